The van der Waals surface area contributed by atoms with Crippen molar-refractivity contribution in [2.45, 2.75) is 13.0 Å². The fraction of sp³-hybridized carbons (Fsp3) is 0.190. The molecule has 1 aromatic carbocycles. The number of nitriles is 1. The summed E-state index contributed by atoms with van der Waals surface area (Å²) >= 11 is 6.28. The minimum absolute atomic E-state index is 0.0772. The van der Waals surface area contributed by atoms with Gasteiger partial charge in [0.1, 0.15) is 17.1 Å². The maximum atomic E-state index is 13.5. The molecule has 10 heteroatoms. The number of nitrogen functional groups attached to an aromatic ring is 1. The zero-order valence-electron chi connectivity index (χ0n) is 16.5. The molecule has 1 aliphatic rings. The maximum Gasteiger partial charge on any atom is 0.284 e. The number of rotatable bonds is 3. The van der Waals surface area contributed by atoms with Crippen LogP contribution in [0.2, 0.25) is 5.02 Å². The molecule has 0 radical (unpaired) electrons. The van der Waals surface area contributed by atoms with E-state index in [1.807, 2.05) is 35.2 Å². The van der Waals surface area contributed by atoms with Gasteiger partial charge in [0, 0.05) is 18.7 Å². The first-order chi connectivity index (χ1) is 15.0. The van der Waals surface area contributed by atoms with E-state index in [0.717, 1.165) is 0 Å². The van der Waals surface area contributed by atoms with Gasteiger partial charge in [-0.05, 0) is 18.2 Å². The molecule has 0 amide bonds. The van der Waals surface area contributed by atoms with E-state index in [9.17, 15) is 10.1 Å². The van der Waals surface area contributed by atoms with Crippen LogP contribution < -0.4 is 16.2 Å². The standard InChI is InChI=1S/C21H17ClN8O/c1-12-11-28(18-13(9-23)10-25-21(24)26-18)16(12)19-27-29-8-7-15(22)17(29)20(31)30(19)14-5-3-2-4-6-14/h2-8,10,12,16H,11H2,1H3,(H2,24,25,26)/t12-,16?/m0/s1. The van der Waals surface area contributed by atoms with Crippen molar-refractivity contribution in [1.82, 2.24) is 24.1 Å². The van der Waals surface area contributed by atoms with Crippen LogP contribution in [0, 0.1) is 17.2 Å². The molecule has 154 valence electrons. The van der Waals surface area contributed by atoms with Crippen molar-refractivity contribution in [1.29, 1.82) is 5.26 Å². The van der Waals surface area contributed by atoms with Gasteiger partial charge in [0.25, 0.3) is 5.56 Å². The van der Waals surface area contributed by atoms with Crippen LogP contribution in [-0.4, -0.2) is 30.7 Å². The highest BCUT2D eigenvalue weighted by molar-refractivity contribution is 6.33. The number of para-hydroxylation sites is 1. The average Bonchev–Trinajstić information content (AvgIpc) is 3.13. The quantitative estimate of drug-likeness (QED) is 0.528. The number of hydrogen-bond donors (Lipinski definition) is 1. The molecule has 31 heavy (non-hydrogen) atoms. The van der Waals surface area contributed by atoms with Crippen LogP contribution in [-0.2, 0) is 0 Å². The molecule has 5 rings (SSSR count). The predicted octanol–water partition coefficient (Wildman–Crippen LogP) is 2.58. The average molecular weight is 433 g/mol. The van der Waals surface area contributed by atoms with E-state index in [1.54, 1.807) is 16.8 Å². The van der Waals surface area contributed by atoms with Gasteiger partial charge < -0.3 is 10.6 Å². The lowest BCUT2D eigenvalue weighted by molar-refractivity contribution is 0.300. The van der Waals surface area contributed by atoms with Crippen molar-refractivity contribution in [2.75, 3.05) is 17.2 Å². The van der Waals surface area contributed by atoms with Gasteiger partial charge in [-0.1, -0.05) is 36.7 Å². The molecule has 0 spiro atoms. The van der Waals surface area contributed by atoms with Crippen LogP contribution in [0.15, 0.2) is 53.6 Å². The van der Waals surface area contributed by atoms with Gasteiger partial charge in [-0.3, -0.25) is 9.36 Å². The summed E-state index contributed by atoms with van der Waals surface area (Å²) < 4.78 is 3.08. The second-order valence-electron chi connectivity index (χ2n) is 7.44. The lowest BCUT2D eigenvalue weighted by atomic mass is 9.89. The Labute approximate surface area is 181 Å². The van der Waals surface area contributed by atoms with Gasteiger partial charge >= 0.3 is 0 Å². The number of fused-ring (bicyclic) bond motifs is 1. The molecule has 4 heterocycles. The summed E-state index contributed by atoms with van der Waals surface area (Å²) in [5, 5.41) is 14.6. The number of nitrogens with zero attached hydrogens (tertiary/aromatic N) is 7. The number of benzene rings is 1. The lowest BCUT2D eigenvalue weighted by Crippen LogP contribution is -2.51. The molecule has 1 saturated heterocycles. The van der Waals surface area contributed by atoms with Crippen LogP contribution in [0.3, 0.4) is 0 Å². The molecular weight excluding hydrogens is 416 g/mol. The Morgan fingerprint density at radius 1 is 1.26 bits per heavy atom. The predicted molar refractivity (Wildman–Crippen MR) is 116 cm³/mol. The third-order valence-electron chi connectivity index (χ3n) is 5.48. The van der Waals surface area contributed by atoms with Gasteiger partial charge in [-0.15, -0.1) is 0 Å². The maximum absolute atomic E-state index is 13.5. The summed E-state index contributed by atoms with van der Waals surface area (Å²) in [6.07, 6.45) is 3.07. The van der Waals surface area contributed by atoms with Crippen LogP contribution in [0.25, 0.3) is 11.2 Å². The minimum atomic E-state index is -0.306. The van der Waals surface area contributed by atoms with E-state index >= 15 is 0 Å². The molecule has 1 aliphatic heterocycles. The third-order valence-corrected chi connectivity index (χ3v) is 5.79. The Morgan fingerprint density at radius 3 is 2.74 bits per heavy atom. The summed E-state index contributed by atoms with van der Waals surface area (Å²) in [5.41, 5.74) is 6.81. The molecule has 0 saturated carbocycles. The second kappa shape index (κ2) is 7.11. The fourth-order valence-corrected chi connectivity index (χ4v) is 4.28. The summed E-state index contributed by atoms with van der Waals surface area (Å²) in [6, 6.07) is 12.7. The van der Waals surface area contributed by atoms with Crippen molar-refractivity contribution >= 4 is 28.9 Å². The Hall–Kier alpha value is -3.90. The highest BCUT2D eigenvalue weighted by Crippen LogP contribution is 2.42. The number of halogens is 1. The second-order valence-corrected chi connectivity index (χ2v) is 7.85. The SMILES string of the molecule is C[C@H]1CN(c2nc(N)ncc2C#N)C1c1nn2ccc(Cl)c2c(=O)n1-c1ccccc1. The first-order valence-corrected chi connectivity index (χ1v) is 10.0. The van der Waals surface area contributed by atoms with E-state index in [1.165, 1.54) is 10.7 Å². The molecule has 2 N–H and O–H groups in total. The zero-order valence-corrected chi connectivity index (χ0v) is 17.2. The lowest BCUT2D eigenvalue weighted by Gasteiger charge is -2.47. The summed E-state index contributed by atoms with van der Waals surface area (Å²) in [6.45, 7) is 2.69. The van der Waals surface area contributed by atoms with Crippen molar-refractivity contribution in [2.24, 2.45) is 5.92 Å². The zero-order chi connectivity index (χ0) is 21.7. The topological polar surface area (TPSA) is 118 Å². The first kappa shape index (κ1) is 19.1. The van der Waals surface area contributed by atoms with Crippen LogP contribution >= 0.6 is 11.6 Å². The van der Waals surface area contributed by atoms with Crippen LogP contribution in [0.4, 0.5) is 11.8 Å². The van der Waals surface area contributed by atoms with Crippen LogP contribution in [0.1, 0.15) is 24.4 Å². The van der Waals surface area contributed by atoms with Crippen molar-refractivity contribution < 1.29 is 0 Å². The summed E-state index contributed by atoms with van der Waals surface area (Å²) in [7, 11) is 0. The Bertz CT molecular complexity index is 1400. The summed E-state index contributed by atoms with van der Waals surface area (Å²) in [5.74, 6) is 1.18. The Morgan fingerprint density at radius 2 is 2.03 bits per heavy atom. The molecule has 1 fully saturated rings. The molecule has 0 aliphatic carbocycles. The monoisotopic (exact) mass is 432 g/mol. The highest BCUT2D eigenvalue weighted by Gasteiger charge is 2.42. The van der Waals surface area contributed by atoms with E-state index < -0.39 is 0 Å². The third kappa shape index (κ3) is 2.92. The molecular formula is C21H17ClN8O. The number of anilines is 2. The largest absolute Gasteiger partial charge is 0.368 e. The molecule has 1 unspecified atom stereocenters. The van der Waals surface area contributed by atoms with Crippen molar-refractivity contribution in [3.8, 4) is 11.8 Å². The van der Waals surface area contributed by atoms with Gasteiger partial charge in [-0.2, -0.15) is 15.3 Å². The molecule has 2 atom stereocenters. The Kier molecular flexibility index (Phi) is 4.38. The normalized spacial score (nSPS) is 18.0. The minimum Gasteiger partial charge on any atom is -0.368 e. The Balaban J connectivity index is 1.76. The van der Waals surface area contributed by atoms with Gasteiger partial charge in [0.05, 0.1) is 22.9 Å². The van der Waals surface area contributed by atoms with Crippen LogP contribution in [0.5, 0.6) is 0 Å². The first-order valence-electron chi connectivity index (χ1n) is 9.64. The van der Waals surface area contributed by atoms with E-state index in [2.05, 4.69) is 23.0 Å². The molecule has 0 bridgehead atoms. The summed E-state index contributed by atoms with van der Waals surface area (Å²) in [4.78, 5) is 23.6. The smallest absolute Gasteiger partial charge is 0.284 e. The molecule has 9 nitrogen and oxygen atoms in total. The van der Waals surface area contributed by atoms with E-state index in [-0.39, 0.29) is 23.5 Å². The number of nitrogens with two attached hydrogens (primary N) is 1. The van der Waals surface area contributed by atoms with Crippen molar-refractivity contribution in [3.63, 3.8) is 0 Å². The van der Waals surface area contributed by atoms with E-state index in [4.69, 9.17) is 22.4 Å². The van der Waals surface area contributed by atoms with Gasteiger partial charge in [-0.25, -0.2) is 9.50 Å². The molecule has 3 aromatic heterocycles. The van der Waals surface area contributed by atoms with Crippen molar-refractivity contribution in [3.05, 3.63) is 75.6 Å². The highest BCUT2D eigenvalue weighted by atomic mass is 35.5. The van der Waals surface area contributed by atoms with Gasteiger partial charge in [0.2, 0.25) is 5.95 Å². The fourth-order valence-electron chi connectivity index (χ4n) is 4.05. The van der Waals surface area contributed by atoms with E-state index in [0.29, 0.717) is 40.0 Å². The number of hydrogen-bond acceptors (Lipinski definition) is 7. The number of aromatic nitrogens is 5. The molecule has 4 aromatic rings. The van der Waals surface area contributed by atoms with Gasteiger partial charge in [0.15, 0.2) is 11.6 Å².